The lowest BCUT2D eigenvalue weighted by molar-refractivity contribution is -0.126. The fourth-order valence-electron chi connectivity index (χ4n) is 3.59. The molecule has 1 amide bonds. The number of amides is 1. The summed E-state index contributed by atoms with van der Waals surface area (Å²) in [7, 11) is 0. The highest BCUT2D eigenvalue weighted by molar-refractivity contribution is 7.15. The molecule has 1 aliphatic rings. The molecule has 164 valence electrons. The number of rotatable bonds is 7. The molecule has 1 N–H and O–H groups in total. The van der Waals surface area contributed by atoms with E-state index < -0.39 is 5.97 Å². The van der Waals surface area contributed by atoms with Crippen molar-refractivity contribution in [3.8, 4) is 11.8 Å². The van der Waals surface area contributed by atoms with E-state index in [-0.39, 0.29) is 34.4 Å². The highest BCUT2D eigenvalue weighted by Crippen LogP contribution is 2.35. The van der Waals surface area contributed by atoms with E-state index in [1.807, 2.05) is 27.7 Å². The average Bonchev–Trinajstić information content (AvgIpc) is 3.09. The number of Topliss-reactive ketones (excluding diaryl/α,β-unsaturated/α-hetero) is 1. The highest BCUT2D eigenvalue weighted by Gasteiger charge is 2.32. The van der Waals surface area contributed by atoms with Crippen molar-refractivity contribution >= 4 is 34.7 Å². The topological polar surface area (TPSA) is 74.7 Å². The van der Waals surface area contributed by atoms with Crippen molar-refractivity contribution in [2.75, 3.05) is 11.4 Å². The molecular weight excluding hydrogens is 398 g/mol. The minimum atomic E-state index is -1.10. The summed E-state index contributed by atoms with van der Waals surface area (Å²) in [5.41, 5.74) is 0.0811. The van der Waals surface area contributed by atoms with Gasteiger partial charge in [0.05, 0.1) is 17.1 Å². The minimum absolute atomic E-state index is 0.0557. The van der Waals surface area contributed by atoms with Gasteiger partial charge in [-0.3, -0.25) is 9.59 Å². The third-order valence-electron chi connectivity index (χ3n) is 5.25. The zero-order chi connectivity index (χ0) is 22.5. The first kappa shape index (κ1) is 24.1. The van der Waals surface area contributed by atoms with Gasteiger partial charge >= 0.3 is 5.97 Å². The Kier molecular flexibility index (Phi) is 8.25. The number of hydrogen-bond acceptors (Lipinski definition) is 4. The highest BCUT2D eigenvalue weighted by atomic mass is 32.1. The van der Waals surface area contributed by atoms with Crippen molar-refractivity contribution in [3.63, 3.8) is 0 Å². The van der Waals surface area contributed by atoms with Gasteiger partial charge in [-0.2, -0.15) is 0 Å². The van der Waals surface area contributed by atoms with E-state index in [9.17, 15) is 19.5 Å². The number of carbonyl (C=O) groups is 3. The summed E-state index contributed by atoms with van der Waals surface area (Å²) >= 11 is 1.06. The smallest absolute Gasteiger partial charge is 0.348 e. The number of aromatic carboxylic acids is 1. The van der Waals surface area contributed by atoms with Crippen LogP contribution in [0.25, 0.3) is 0 Å². The van der Waals surface area contributed by atoms with Gasteiger partial charge in [0, 0.05) is 17.8 Å². The molecule has 0 saturated heterocycles. The molecule has 0 aromatic carbocycles. The van der Waals surface area contributed by atoms with Crippen molar-refractivity contribution in [1.82, 2.24) is 0 Å². The van der Waals surface area contributed by atoms with Crippen LogP contribution in [0.15, 0.2) is 6.07 Å². The number of anilines is 1. The number of carbonyl (C=O) groups excluding carboxylic acids is 2. The van der Waals surface area contributed by atoms with Gasteiger partial charge in [0.2, 0.25) is 5.91 Å². The van der Waals surface area contributed by atoms with E-state index in [1.54, 1.807) is 6.07 Å². The van der Waals surface area contributed by atoms with Crippen molar-refractivity contribution < 1.29 is 19.5 Å². The van der Waals surface area contributed by atoms with E-state index >= 15 is 0 Å². The monoisotopic (exact) mass is 431 g/mol. The van der Waals surface area contributed by atoms with Crippen LogP contribution in [0.4, 0.5) is 5.69 Å². The van der Waals surface area contributed by atoms with Gasteiger partial charge in [-0.05, 0) is 64.9 Å². The Balaban J connectivity index is 2.44. The first-order valence-corrected chi connectivity index (χ1v) is 11.6. The predicted molar refractivity (Wildman–Crippen MR) is 121 cm³/mol. The summed E-state index contributed by atoms with van der Waals surface area (Å²) in [5.74, 6) is 5.29. The first-order valence-electron chi connectivity index (χ1n) is 10.7. The van der Waals surface area contributed by atoms with Crippen LogP contribution in [-0.2, 0) is 9.59 Å². The Morgan fingerprint density at radius 2 is 1.83 bits per heavy atom. The molecule has 0 bridgehead atoms. The van der Waals surface area contributed by atoms with Gasteiger partial charge in [-0.15, -0.1) is 11.3 Å². The molecule has 2 rings (SSSR count). The van der Waals surface area contributed by atoms with Crippen molar-refractivity contribution in [2.45, 2.75) is 73.1 Å². The predicted octanol–water partition coefficient (Wildman–Crippen LogP) is 5.37. The Labute approximate surface area is 183 Å². The molecule has 0 radical (unpaired) electrons. The van der Waals surface area contributed by atoms with Crippen molar-refractivity contribution in [3.05, 3.63) is 15.8 Å². The number of ketones is 1. The van der Waals surface area contributed by atoms with Crippen LogP contribution < -0.4 is 4.90 Å². The van der Waals surface area contributed by atoms with E-state index in [1.165, 1.54) is 4.90 Å². The third-order valence-corrected chi connectivity index (χ3v) is 6.28. The summed E-state index contributed by atoms with van der Waals surface area (Å²) in [6, 6.07) is 1.66. The molecule has 1 heterocycles. The summed E-state index contributed by atoms with van der Waals surface area (Å²) in [6.45, 7) is 9.97. The van der Waals surface area contributed by atoms with Gasteiger partial charge in [0.1, 0.15) is 4.88 Å². The maximum Gasteiger partial charge on any atom is 0.348 e. The molecule has 0 atom stereocenters. The van der Waals surface area contributed by atoms with E-state index in [0.29, 0.717) is 29.3 Å². The van der Waals surface area contributed by atoms with Crippen LogP contribution >= 0.6 is 11.3 Å². The molecule has 1 aromatic heterocycles. The first-order chi connectivity index (χ1) is 14.0. The van der Waals surface area contributed by atoms with Crippen molar-refractivity contribution in [1.29, 1.82) is 0 Å². The van der Waals surface area contributed by atoms with Gasteiger partial charge < -0.3 is 10.0 Å². The Morgan fingerprint density at radius 3 is 2.37 bits per heavy atom. The second-order valence-corrected chi connectivity index (χ2v) is 10.4. The molecule has 0 aliphatic heterocycles. The van der Waals surface area contributed by atoms with Crippen LogP contribution in [0.2, 0.25) is 0 Å². The Bertz CT molecular complexity index is 845. The molecule has 30 heavy (non-hydrogen) atoms. The van der Waals surface area contributed by atoms with Crippen LogP contribution in [-0.4, -0.2) is 29.3 Å². The fraction of sp³-hybridized carbons (Fsp3) is 0.625. The molecule has 1 aromatic rings. The van der Waals surface area contributed by atoms with Crippen molar-refractivity contribution in [2.24, 2.45) is 17.3 Å². The number of carboxylic acids is 1. The van der Waals surface area contributed by atoms with Gasteiger partial charge in [-0.1, -0.05) is 25.7 Å². The lowest BCUT2D eigenvalue weighted by Crippen LogP contribution is -2.41. The number of hydrogen-bond donors (Lipinski definition) is 1. The van der Waals surface area contributed by atoms with E-state index in [0.717, 1.165) is 37.0 Å². The molecule has 0 spiro atoms. The van der Waals surface area contributed by atoms with Gasteiger partial charge in [0.25, 0.3) is 0 Å². The largest absolute Gasteiger partial charge is 0.477 e. The van der Waals surface area contributed by atoms with Crippen LogP contribution in [0.1, 0.15) is 87.7 Å². The summed E-state index contributed by atoms with van der Waals surface area (Å²) in [5, 5.41) is 9.76. The number of thiophene rings is 1. The molecular formula is C24H33NO4S. The average molecular weight is 432 g/mol. The summed E-state index contributed by atoms with van der Waals surface area (Å²) < 4.78 is 0. The second kappa shape index (κ2) is 10.3. The zero-order valence-corrected chi connectivity index (χ0v) is 19.5. The van der Waals surface area contributed by atoms with E-state index in [2.05, 4.69) is 18.8 Å². The number of carboxylic acid groups (broad SMARTS) is 1. The molecule has 0 unspecified atom stereocenters. The van der Waals surface area contributed by atoms with Crippen LogP contribution in [0, 0.1) is 29.1 Å². The van der Waals surface area contributed by atoms with Crippen LogP contribution in [0.3, 0.4) is 0 Å². The number of nitrogens with zero attached hydrogens (tertiary/aromatic N) is 1. The Hall–Kier alpha value is -2.13. The normalized spacial score (nSPS) is 19.0. The maximum absolute atomic E-state index is 13.4. The molecule has 1 saturated carbocycles. The summed E-state index contributed by atoms with van der Waals surface area (Å²) in [6.07, 6.45) is 4.58. The molecule has 5 nitrogen and oxygen atoms in total. The second-order valence-electron chi connectivity index (χ2n) is 9.30. The standard InChI is InChI=1S/C24H33NO4S/c1-6-7-18(26)15-25(22(27)17-10-8-16(2)9-11-17)20-14-19(12-13-24(3,4)5)30-21(20)23(28)29/h14,16-17H,6-11,15H2,1-5H3,(H,28,29). The third kappa shape index (κ3) is 6.70. The van der Waals surface area contributed by atoms with Crippen LogP contribution in [0.5, 0.6) is 0 Å². The molecule has 6 heteroatoms. The Morgan fingerprint density at radius 1 is 1.20 bits per heavy atom. The fourth-order valence-corrected chi connectivity index (χ4v) is 4.44. The van der Waals surface area contributed by atoms with E-state index in [4.69, 9.17) is 0 Å². The minimum Gasteiger partial charge on any atom is -0.477 e. The SMILES string of the molecule is CCCC(=O)CN(C(=O)C1CCC(C)CC1)c1cc(C#CC(C)(C)C)sc1C(=O)O. The quantitative estimate of drug-likeness (QED) is 0.589. The van der Waals surface area contributed by atoms with Gasteiger partial charge in [-0.25, -0.2) is 4.79 Å². The summed E-state index contributed by atoms with van der Waals surface area (Å²) in [4.78, 5) is 39.8. The molecule has 1 fully saturated rings. The maximum atomic E-state index is 13.4. The molecule has 1 aliphatic carbocycles. The lowest BCUT2D eigenvalue weighted by Gasteiger charge is -2.30. The van der Waals surface area contributed by atoms with Gasteiger partial charge in [0.15, 0.2) is 5.78 Å². The zero-order valence-electron chi connectivity index (χ0n) is 18.7. The lowest BCUT2D eigenvalue weighted by atomic mass is 9.82.